The molecule has 0 N–H and O–H groups in total. The highest BCUT2D eigenvalue weighted by Crippen LogP contribution is 2.17. The lowest BCUT2D eigenvalue weighted by Crippen LogP contribution is -2.04. The van der Waals surface area contributed by atoms with Crippen molar-refractivity contribution in [3.05, 3.63) is 59.4 Å². The zero-order valence-corrected chi connectivity index (χ0v) is 12.6. The molecule has 2 rings (SSSR count). The summed E-state index contributed by atoms with van der Waals surface area (Å²) in [5.74, 6) is 0.809. The van der Waals surface area contributed by atoms with Crippen molar-refractivity contribution in [1.82, 2.24) is 4.98 Å². The molecule has 0 aliphatic heterocycles. The average molecular weight is 283 g/mol. The molecule has 0 aliphatic rings. The minimum absolute atomic E-state index is 0.00173. The number of hydrogen-bond acceptors (Lipinski definition) is 3. The normalized spacial score (nSPS) is 10.4. The summed E-state index contributed by atoms with van der Waals surface area (Å²) >= 11 is 0. The van der Waals surface area contributed by atoms with Crippen LogP contribution in [0, 0.1) is 6.92 Å². The summed E-state index contributed by atoms with van der Waals surface area (Å²) in [5.41, 5.74) is 2.25. The SMILES string of the molecule is CCCCCOc1ccc(C(=O)c2cnccc2C)cc1. The molecule has 3 heteroatoms. The largest absolute Gasteiger partial charge is 0.494 e. The monoisotopic (exact) mass is 283 g/mol. The van der Waals surface area contributed by atoms with Crippen LogP contribution in [0.5, 0.6) is 5.75 Å². The number of ketones is 1. The maximum atomic E-state index is 12.4. The standard InChI is InChI=1S/C18H21NO2/c1-3-4-5-12-21-16-8-6-15(7-9-16)18(20)17-13-19-11-10-14(17)2/h6-11,13H,3-5,12H2,1-2H3. The van der Waals surface area contributed by atoms with Crippen LogP contribution in [-0.4, -0.2) is 17.4 Å². The van der Waals surface area contributed by atoms with Gasteiger partial charge in [-0.1, -0.05) is 19.8 Å². The number of hydrogen-bond donors (Lipinski definition) is 0. The molecule has 0 fully saturated rings. The Kier molecular flexibility index (Phi) is 5.50. The van der Waals surface area contributed by atoms with Gasteiger partial charge in [0.1, 0.15) is 5.75 Å². The number of carbonyl (C=O) groups excluding carboxylic acids is 1. The van der Waals surface area contributed by atoms with E-state index in [0.717, 1.165) is 24.3 Å². The van der Waals surface area contributed by atoms with Gasteiger partial charge in [0.2, 0.25) is 0 Å². The van der Waals surface area contributed by atoms with Crippen molar-refractivity contribution in [1.29, 1.82) is 0 Å². The second kappa shape index (κ2) is 7.58. The molecule has 0 amide bonds. The molecule has 0 atom stereocenters. The predicted molar refractivity (Wildman–Crippen MR) is 83.9 cm³/mol. The van der Waals surface area contributed by atoms with Crippen LogP contribution in [0.2, 0.25) is 0 Å². The van der Waals surface area contributed by atoms with Gasteiger partial charge in [0.15, 0.2) is 5.78 Å². The third kappa shape index (κ3) is 4.15. The van der Waals surface area contributed by atoms with Crippen LogP contribution in [-0.2, 0) is 0 Å². The lowest BCUT2D eigenvalue weighted by atomic mass is 10.0. The van der Waals surface area contributed by atoms with Crippen LogP contribution < -0.4 is 4.74 Å². The Hall–Kier alpha value is -2.16. The fourth-order valence-electron chi connectivity index (χ4n) is 2.10. The topological polar surface area (TPSA) is 39.2 Å². The van der Waals surface area contributed by atoms with Crippen molar-refractivity contribution < 1.29 is 9.53 Å². The number of benzene rings is 1. The zero-order valence-electron chi connectivity index (χ0n) is 12.6. The molecule has 1 aromatic heterocycles. The molecule has 3 nitrogen and oxygen atoms in total. The van der Waals surface area contributed by atoms with Crippen molar-refractivity contribution in [3.8, 4) is 5.75 Å². The third-order valence-corrected chi connectivity index (χ3v) is 3.42. The van der Waals surface area contributed by atoms with Crippen molar-refractivity contribution >= 4 is 5.78 Å². The van der Waals surface area contributed by atoms with Crippen LogP contribution in [0.15, 0.2) is 42.7 Å². The Labute approximate surface area is 126 Å². The second-order valence-electron chi connectivity index (χ2n) is 5.10. The van der Waals surface area contributed by atoms with Gasteiger partial charge >= 0.3 is 0 Å². The molecular weight excluding hydrogens is 262 g/mol. The summed E-state index contributed by atoms with van der Waals surface area (Å²) in [6.07, 6.45) is 6.73. The first-order valence-corrected chi connectivity index (χ1v) is 7.40. The summed E-state index contributed by atoms with van der Waals surface area (Å²) in [7, 11) is 0. The van der Waals surface area contributed by atoms with E-state index in [2.05, 4.69) is 11.9 Å². The van der Waals surface area contributed by atoms with Gasteiger partial charge in [0, 0.05) is 23.5 Å². The number of ether oxygens (including phenoxy) is 1. The smallest absolute Gasteiger partial charge is 0.194 e. The number of carbonyl (C=O) groups is 1. The third-order valence-electron chi connectivity index (χ3n) is 3.42. The summed E-state index contributed by atoms with van der Waals surface area (Å²) < 4.78 is 5.65. The first-order valence-electron chi connectivity index (χ1n) is 7.40. The summed E-state index contributed by atoms with van der Waals surface area (Å²) in [5, 5.41) is 0. The molecule has 2 aromatic rings. The Morgan fingerprint density at radius 1 is 1.14 bits per heavy atom. The Balaban J connectivity index is 2.02. The van der Waals surface area contributed by atoms with E-state index in [1.54, 1.807) is 12.4 Å². The number of pyridine rings is 1. The molecule has 0 saturated heterocycles. The van der Waals surface area contributed by atoms with Crippen molar-refractivity contribution in [2.24, 2.45) is 0 Å². The molecule has 0 unspecified atom stereocenters. The molecule has 110 valence electrons. The molecule has 0 aliphatic carbocycles. The fraction of sp³-hybridized carbons (Fsp3) is 0.333. The minimum Gasteiger partial charge on any atom is -0.494 e. The highest BCUT2D eigenvalue weighted by Gasteiger charge is 2.11. The van der Waals surface area contributed by atoms with E-state index in [9.17, 15) is 4.79 Å². The van der Waals surface area contributed by atoms with E-state index in [-0.39, 0.29) is 5.78 Å². The van der Waals surface area contributed by atoms with Crippen molar-refractivity contribution in [3.63, 3.8) is 0 Å². The quantitative estimate of drug-likeness (QED) is 0.565. The van der Waals surface area contributed by atoms with Gasteiger partial charge in [0.25, 0.3) is 0 Å². The highest BCUT2D eigenvalue weighted by molar-refractivity contribution is 6.09. The number of aromatic nitrogens is 1. The fourth-order valence-corrected chi connectivity index (χ4v) is 2.10. The van der Waals surface area contributed by atoms with E-state index < -0.39 is 0 Å². The maximum absolute atomic E-state index is 12.4. The highest BCUT2D eigenvalue weighted by atomic mass is 16.5. The zero-order chi connectivity index (χ0) is 15.1. The van der Waals surface area contributed by atoms with Gasteiger partial charge < -0.3 is 4.74 Å². The molecule has 0 saturated carbocycles. The van der Waals surface area contributed by atoms with Gasteiger partial charge in [-0.25, -0.2) is 0 Å². The number of unbranched alkanes of at least 4 members (excludes halogenated alkanes) is 2. The Bertz CT molecular complexity index is 590. The predicted octanol–water partition coefficient (Wildman–Crippen LogP) is 4.19. The van der Waals surface area contributed by atoms with Crippen LogP contribution in [0.3, 0.4) is 0 Å². The average Bonchev–Trinajstić information content (AvgIpc) is 2.52. The summed E-state index contributed by atoms with van der Waals surface area (Å²) in [4.78, 5) is 16.4. The molecule has 0 spiro atoms. The lowest BCUT2D eigenvalue weighted by molar-refractivity contribution is 0.103. The van der Waals surface area contributed by atoms with Crippen LogP contribution in [0.25, 0.3) is 0 Å². The van der Waals surface area contributed by atoms with E-state index >= 15 is 0 Å². The number of nitrogens with zero attached hydrogens (tertiary/aromatic N) is 1. The lowest BCUT2D eigenvalue weighted by Gasteiger charge is -2.07. The summed E-state index contributed by atoms with van der Waals surface area (Å²) in [6, 6.07) is 9.17. The van der Waals surface area contributed by atoms with Gasteiger partial charge in [-0.2, -0.15) is 0 Å². The van der Waals surface area contributed by atoms with Crippen LogP contribution >= 0.6 is 0 Å². The first kappa shape index (κ1) is 15.2. The molecule has 1 heterocycles. The van der Waals surface area contributed by atoms with E-state index in [1.165, 1.54) is 12.8 Å². The molecule has 21 heavy (non-hydrogen) atoms. The van der Waals surface area contributed by atoms with Crippen molar-refractivity contribution in [2.75, 3.05) is 6.61 Å². The Morgan fingerprint density at radius 3 is 2.57 bits per heavy atom. The second-order valence-corrected chi connectivity index (χ2v) is 5.10. The maximum Gasteiger partial charge on any atom is 0.194 e. The molecular formula is C18H21NO2. The van der Waals surface area contributed by atoms with Crippen LogP contribution in [0.1, 0.15) is 47.7 Å². The van der Waals surface area contributed by atoms with Gasteiger partial charge in [0.05, 0.1) is 6.61 Å². The van der Waals surface area contributed by atoms with Gasteiger partial charge in [-0.3, -0.25) is 9.78 Å². The van der Waals surface area contributed by atoms with Gasteiger partial charge in [-0.05, 0) is 49.2 Å². The summed E-state index contributed by atoms with van der Waals surface area (Å²) in [6.45, 7) is 4.81. The minimum atomic E-state index is -0.00173. The molecule has 0 bridgehead atoms. The number of aryl methyl sites for hydroxylation is 1. The molecule has 0 radical (unpaired) electrons. The van der Waals surface area contributed by atoms with Crippen LogP contribution in [0.4, 0.5) is 0 Å². The van der Waals surface area contributed by atoms with E-state index in [0.29, 0.717) is 11.1 Å². The van der Waals surface area contributed by atoms with E-state index in [4.69, 9.17) is 4.74 Å². The number of rotatable bonds is 7. The van der Waals surface area contributed by atoms with Gasteiger partial charge in [-0.15, -0.1) is 0 Å². The van der Waals surface area contributed by atoms with E-state index in [1.807, 2.05) is 37.3 Å². The Morgan fingerprint density at radius 2 is 1.90 bits per heavy atom. The molecule has 1 aromatic carbocycles. The van der Waals surface area contributed by atoms with Crippen molar-refractivity contribution in [2.45, 2.75) is 33.1 Å². The first-order chi connectivity index (χ1) is 10.2.